The first-order chi connectivity index (χ1) is 15.4. The first-order valence-corrected chi connectivity index (χ1v) is 12.7. The van der Waals surface area contributed by atoms with E-state index >= 15 is 0 Å². The highest BCUT2D eigenvalue weighted by Gasteiger charge is 2.34. The number of halogens is 1. The van der Waals surface area contributed by atoms with E-state index in [2.05, 4.69) is 43.3 Å². The average molecular weight is 458 g/mol. The molecule has 2 saturated carbocycles. The molecule has 0 saturated heterocycles. The van der Waals surface area contributed by atoms with Gasteiger partial charge < -0.3 is 15.5 Å². The molecule has 3 nitrogen and oxygen atoms in total. The zero-order valence-corrected chi connectivity index (χ0v) is 21.5. The zero-order chi connectivity index (χ0) is 23.7. The van der Waals surface area contributed by atoms with Crippen LogP contribution in [0.25, 0.3) is 0 Å². The van der Waals surface area contributed by atoms with Gasteiger partial charge in [-0.15, -0.1) is 0 Å². The minimum absolute atomic E-state index is 0.364. The maximum Gasteiger partial charge on any atom is 0.0438 e. The molecule has 1 aromatic rings. The fourth-order valence-electron chi connectivity index (χ4n) is 4.99. The molecule has 4 heteroatoms. The van der Waals surface area contributed by atoms with Crippen LogP contribution in [0.3, 0.4) is 0 Å². The van der Waals surface area contributed by atoms with E-state index in [0.717, 1.165) is 48.4 Å². The third-order valence-corrected chi connectivity index (χ3v) is 7.29. The van der Waals surface area contributed by atoms with Gasteiger partial charge in [0.2, 0.25) is 0 Å². The number of nitrogens with two attached hydrogens (primary N) is 1. The fraction of sp³-hybridized carbons (Fsp3) is 0.571. The molecule has 0 unspecified atom stereocenters. The van der Waals surface area contributed by atoms with Gasteiger partial charge in [-0.3, -0.25) is 0 Å². The number of rotatable bonds is 9. The monoisotopic (exact) mass is 457 g/mol. The standard InChI is InChI=1S/C26H38ClN3.C2H6/c1-5-29(4)17-19(2)20(3)30(25-12-10-24(28)11-13-25)18-22-14-21(15-22)16-23-8-6-7-9-26(23)27;1-2/h5-9,17,21-22,24-25H,1,3,10-16,18,28H2,2,4H3;1-2H3/b19-17+;. The Bertz CT molecular complexity index is 758. The normalized spacial score (nSPS) is 25.1. The Kier molecular flexibility index (Phi) is 10.9. The molecule has 2 aliphatic carbocycles. The molecular formula is C28H44ClN3. The summed E-state index contributed by atoms with van der Waals surface area (Å²) in [7, 11) is 2.01. The highest BCUT2D eigenvalue weighted by Crippen LogP contribution is 2.39. The molecule has 0 radical (unpaired) electrons. The second kappa shape index (κ2) is 13.1. The van der Waals surface area contributed by atoms with Crippen LogP contribution in [-0.4, -0.2) is 35.5 Å². The summed E-state index contributed by atoms with van der Waals surface area (Å²) in [5.41, 5.74) is 9.83. The molecule has 0 amide bonds. The molecule has 0 aliphatic heterocycles. The molecule has 0 bridgehead atoms. The van der Waals surface area contributed by atoms with E-state index in [1.807, 2.05) is 44.1 Å². The van der Waals surface area contributed by atoms with Crippen molar-refractivity contribution in [1.29, 1.82) is 0 Å². The lowest BCUT2D eigenvalue weighted by Crippen LogP contribution is -2.45. The lowest BCUT2D eigenvalue weighted by molar-refractivity contribution is 0.105. The summed E-state index contributed by atoms with van der Waals surface area (Å²) in [6.07, 6.45) is 12.2. The second-order valence-corrected chi connectivity index (χ2v) is 9.73. The third-order valence-electron chi connectivity index (χ3n) is 6.92. The minimum Gasteiger partial charge on any atom is -0.368 e. The van der Waals surface area contributed by atoms with Gasteiger partial charge in [0, 0.05) is 42.6 Å². The number of benzene rings is 1. The highest BCUT2D eigenvalue weighted by atomic mass is 35.5. The van der Waals surface area contributed by atoms with Gasteiger partial charge in [-0.2, -0.15) is 0 Å². The van der Waals surface area contributed by atoms with Crippen LogP contribution in [0.2, 0.25) is 5.02 Å². The molecule has 0 heterocycles. The van der Waals surface area contributed by atoms with E-state index < -0.39 is 0 Å². The molecule has 2 aliphatic rings. The number of hydrogen-bond acceptors (Lipinski definition) is 3. The Hall–Kier alpha value is -1.71. The van der Waals surface area contributed by atoms with Crippen LogP contribution < -0.4 is 5.73 Å². The van der Waals surface area contributed by atoms with Crippen LogP contribution in [0.5, 0.6) is 0 Å². The maximum absolute atomic E-state index is 6.37. The first kappa shape index (κ1) is 26.5. The Morgan fingerprint density at radius 2 is 1.75 bits per heavy atom. The number of nitrogens with zero attached hydrogens (tertiary/aromatic N) is 2. The van der Waals surface area contributed by atoms with Crippen LogP contribution in [0.1, 0.15) is 64.9 Å². The highest BCUT2D eigenvalue weighted by molar-refractivity contribution is 6.31. The van der Waals surface area contributed by atoms with Crippen molar-refractivity contribution in [3.05, 3.63) is 71.7 Å². The Balaban J connectivity index is 0.00000176. The van der Waals surface area contributed by atoms with Crippen LogP contribution in [0.15, 0.2) is 61.1 Å². The van der Waals surface area contributed by atoms with Gasteiger partial charge >= 0.3 is 0 Å². The lowest BCUT2D eigenvalue weighted by atomic mass is 9.71. The summed E-state index contributed by atoms with van der Waals surface area (Å²) in [4.78, 5) is 4.59. The molecule has 0 aromatic heterocycles. The Labute approximate surface area is 202 Å². The van der Waals surface area contributed by atoms with Crippen molar-refractivity contribution in [3.63, 3.8) is 0 Å². The Morgan fingerprint density at radius 1 is 1.12 bits per heavy atom. The van der Waals surface area contributed by atoms with E-state index in [-0.39, 0.29) is 0 Å². The smallest absolute Gasteiger partial charge is 0.0438 e. The van der Waals surface area contributed by atoms with Crippen molar-refractivity contribution in [3.8, 4) is 0 Å². The average Bonchev–Trinajstić information content (AvgIpc) is 2.78. The quantitative estimate of drug-likeness (QED) is 0.405. The molecule has 0 spiro atoms. The molecule has 2 fully saturated rings. The SMILES string of the molecule is C=CN(C)/C=C(\C)C(=C)N(CC1CC(Cc2ccccc2Cl)C1)C1CCC(N)CC1.CC. The summed E-state index contributed by atoms with van der Waals surface area (Å²) in [6.45, 7) is 15.6. The lowest BCUT2D eigenvalue weighted by Gasteiger charge is -2.45. The van der Waals surface area contributed by atoms with Crippen LogP contribution in [0, 0.1) is 11.8 Å². The van der Waals surface area contributed by atoms with Crippen LogP contribution in [0.4, 0.5) is 0 Å². The minimum atomic E-state index is 0.364. The fourth-order valence-corrected chi connectivity index (χ4v) is 5.21. The van der Waals surface area contributed by atoms with Gasteiger partial charge in [-0.25, -0.2) is 0 Å². The van der Waals surface area contributed by atoms with Crippen molar-refractivity contribution >= 4 is 11.6 Å². The van der Waals surface area contributed by atoms with E-state index in [9.17, 15) is 0 Å². The van der Waals surface area contributed by atoms with E-state index in [1.54, 1.807) is 0 Å². The van der Waals surface area contributed by atoms with Crippen LogP contribution in [-0.2, 0) is 6.42 Å². The first-order valence-electron chi connectivity index (χ1n) is 12.3. The predicted octanol–water partition coefficient (Wildman–Crippen LogP) is 7.00. The van der Waals surface area contributed by atoms with Gasteiger partial charge in [-0.1, -0.05) is 56.8 Å². The van der Waals surface area contributed by atoms with Gasteiger partial charge in [0.1, 0.15) is 0 Å². The topological polar surface area (TPSA) is 32.5 Å². The number of allylic oxidation sites excluding steroid dienone is 1. The maximum atomic E-state index is 6.37. The van der Waals surface area contributed by atoms with Crippen LogP contribution >= 0.6 is 11.6 Å². The second-order valence-electron chi connectivity index (χ2n) is 9.33. The summed E-state index contributed by atoms with van der Waals surface area (Å²) in [6, 6.07) is 9.18. The molecule has 1 aromatic carbocycles. The van der Waals surface area contributed by atoms with Crippen molar-refractivity contribution in [2.75, 3.05) is 13.6 Å². The van der Waals surface area contributed by atoms with E-state index in [0.29, 0.717) is 12.1 Å². The third kappa shape index (κ3) is 7.42. The van der Waals surface area contributed by atoms with Crippen molar-refractivity contribution in [2.24, 2.45) is 17.6 Å². The number of hydrogen-bond donors (Lipinski definition) is 1. The molecule has 3 rings (SSSR count). The largest absolute Gasteiger partial charge is 0.368 e. The van der Waals surface area contributed by atoms with Gasteiger partial charge in [0.15, 0.2) is 0 Å². The molecule has 0 atom stereocenters. The van der Waals surface area contributed by atoms with E-state index in [4.69, 9.17) is 17.3 Å². The van der Waals surface area contributed by atoms with Gasteiger partial charge in [0.05, 0.1) is 0 Å². The van der Waals surface area contributed by atoms with E-state index in [1.165, 1.54) is 36.8 Å². The predicted molar refractivity (Wildman–Crippen MR) is 141 cm³/mol. The summed E-state index contributed by atoms with van der Waals surface area (Å²) in [5.74, 6) is 1.48. The van der Waals surface area contributed by atoms with Crippen molar-refractivity contribution < 1.29 is 0 Å². The van der Waals surface area contributed by atoms with Crippen molar-refractivity contribution in [1.82, 2.24) is 9.80 Å². The molecule has 32 heavy (non-hydrogen) atoms. The summed E-state index contributed by atoms with van der Waals surface area (Å²) < 4.78 is 0. The Morgan fingerprint density at radius 3 is 2.34 bits per heavy atom. The molecule has 178 valence electrons. The zero-order valence-electron chi connectivity index (χ0n) is 20.7. The molecule has 2 N–H and O–H groups in total. The summed E-state index contributed by atoms with van der Waals surface area (Å²) in [5, 5.41) is 0.904. The van der Waals surface area contributed by atoms with Gasteiger partial charge in [-0.05, 0) is 87.1 Å². The summed E-state index contributed by atoms with van der Waals surface area (Å²) >= 11 is 6.37. The van der Waals surface area contributed by atoms with Gasteiger partial charge in [0.25, 0.3) is 0 Å². The molecular weight excluding hydrogens is 414 g/mol. The van der Waals surface area contributed by atoms with Crippen molar-refractivity contribution in [2.45, 2.75) is 77.8 Å².